The summed E-state index contributed by atoms with van der Waals surface area (Å²) in [5.41, 5.74) is -1.77. The van der Waals surface area contributed by atoms with Crippen LogP contribution in [0.5, 0.6) is 5.75 Å². The van der Waals surface area contributed by atoms with E-state index in [1.165, 1.54) is 0 Å². The van der Waals surface area contributed by atoms with Gasteiger partial charge in [-0.15, -0.1) is 0 Å². The minimum atomic E-state index is -0.886. The summed E-state index contributed by atoms with van der Waals surface area (Å²) in [6.07, 6.45) is 0.197. The molecular weight excluding hydrogens is 246 g/mol. The van der Waals surface area contributed by atoms with E-state index in [4.69, 9.17) is 0 Å². The predicted octanol–water partition coefficient (Wildman–Crippen LogP) is 1.03. The summed E-state index contributed by atoms with van der Waals surface area (Å²) in [4.78, 5) is 22.1. The number of aromatic nitrogens is 2. The molecule has 0 aliphatic heterocycles. The van der Waals surface area contributed by atoms with E-state index in [0.717, 1.165) is 18.2 Å². The molecule has 0 aliphatic rings. The van der Waals surface area contributed by atoms with Crippen LogP contribution in [-0.4, -0.2) is 21.2 Å². The largest absolute Gasteiger partial charge is 0.505 e. The molecule has 18 heavy (non-hydrogen) atoms. The van der Waals surface area contributed by atoms with Crippen LogP contribution in [0.2, 0.25) is 0 Å². The zero-order chi connectivity index (χ0) is 13.3. The first-order chi connectivity index (χ1) is 8.52. The smallest absolute Gasteiger partial charge is 0.275 e. The molecule has 0 aliphatic carbocycles. The van der Waals surface area contributed by atoms with Gasteiger partial charge in [-0.2, -0.15) is 9.78 Å². The lowest BCUT2D eigenvalue weighted by atomic mass is 10.3. The molecule has 0 amide bonds. The summed E-state index contributed by atoms with van der Waals surface area (Å²) >= 11 is 0. The van der Waals surface area contributed by atoms with E-state index in [1.807, 2.05) is 0 Å². The van der Waals surface area contributed by atoms with Gasteiger partial charge in [-0.25, -0.2) is 8.78 Å². The van der Waals surface area contributed by atoms with Crippen LogP contribution in [0, 0.1) is 11.6 Å². The Hall–Kier alpha value is -2.57. The molecule has 7 heteroatoms. The Morgan fingerprint density at radius 3 is 2.67 bits per heavy atom. The summed E-state index contributed by atoms with van der Waals surface area (Å²) in [6.45, 7) is 0. The van der Waals surface area contributed by atoms with Crippen LogP contribution < -0.4 is 5.56 Å². The first kappa shape index (κ1) is 11.9. The first-order valence-electron chi connectivity index (χ1n) is 4.77. The van der Waals surface area contributed by atoms with Crippen molar-refractivity contribution in [3.05, 3.63) is 51.9 Å². The average molecular weight is 252 g/mol. The van der Waals surface area contributed by atoms with Gasteiger partial charge in [-0.3, -0.25) is 9.59 Å². The van der Waals surface area contributed by atoms with Crippen LogP contribution in [0.4, 0.5) is 8.78 Å². The van der Waals surface area contributed by atoms with Crippen molar-refractivity contribution in [3.8, 4) is 11.4 Å². The highest BCUT2D eigenvalue weighted by atomic mass is 19.1. The molecule has 1 aromatic carbocycles. The van der Waals surface area contributed by atoms with Gasteiger partial charge in [0, 0.05) is 12.1 Å². The monoisotopic (exact) mass is 252 g/mol. The molecule has 0 bridgehead atoms. The van der Waals surface area contributed by atoms with Crippen molar-refractivity contribution < 1.29 is 18.7 Å². The van der Waals surface area contributed by atoms with Crippen molar-refractivity contribution in [2.75, 3.05) is 0 Å². The van der Waals surface area contributed by atoms with Gasteiger partial charge in [0.1, 0.15) is 17.3 Å². The molecule has 0 saturated carbocycles. The highest BCUT2D eigenvalue weighted by Crippen LogP contribution is 2.14. The van der Waals surface area contributed by atoms with Gasteiger partial charge in [-0.1, -0.05) is 0 Å². The molecule has 0 spiro atoms. The summed E-state index contributed by atoms with van der Waals surface area (Å²) in [5.74, 6) is -2.27. The molecule has 0 atom stereocenters. The van der Waals surface area contributed by atoms with Gasteiger partial charge in [0.15, 0.2) is 17.7 Å². The van der Waals surface area contributed by atoms with Crippen molar-refractivity contribution in [2.24, 2.45) is 0 Å². The third-order valence-corrected chi connectivity index (χ3v) is 2.19. The fourth-order valence-electron chi connectivity index (χ4n) is 1.36. The van der Waals surface area contributed by atoms with E-state index in [2.05, 4.69) is 5.10 Å². The second-order valence-corrected chi connectivity index (χ2v) is 3.38. The van der Waals surface area contributed by atoms with Crippen molar-refractivity contribution in [1.82, 2.24) is 9.78 Å². The van der Waals surface area contributed by atoms with Crippen LogP contribution in [0.25, 0.3) is 5.69 Å². The Bertz CT molecular complexity index is 682. The third kappa shape index (κ3) is 1.97. The van der Waals surface area contributed by atoms with Crippen LogP contribution in [0.1, 0.15) is 10.5 Å². The van der Waals surface area contributed by atoms with E-state index in [1.54, 1.807) is 0 Å². The Balaban J connectivity index is 2.74. The lowest BCUT2D eigenvalue weighted by Gasteiger charge is -2.06. The molecule has 5 nitrogen and oxygen atoms in total. The molecule has 2 rings (SSSR count). The van der Waals surface area contributed by atoms with Crippen LogP contribution in [-0.2, 0) is 0 Å². The first-order valence-corrected chi connectivity index (χ1v) is 4.77. The summed E-state index contributed by atoms with van der Waals surface area (Å²) < 4.78 is 27.0. The van der Waals surface area contributed by atoms with Crippen molar-refractivity contribution in [2.45, 2.75) is 0 Å². The minimum Gasteiger partial charge on any atom is -0.505 e. The Morgan fingerprint density at radius 2 is 2.00 bits per heavy atom. The fourth-order valence-corrected chi connectivity index (χ4v) is 1.36. The quantitative estimate of drug-likeness (QED) is 0.810. The van der Waals surface area contributed by atoms with Gasteiger partial charge in [0.05, 0.1) is 0 Å². The number of halogens is 2. The average Bonchev–Trinajstić information content (AvgIpc) is 2.33. The number of hydrogen-bond donors (Lipinski definition) is 1. The van der Waals surface area contributed by atoms with Crippen molar-refractivity contribution in [3.63, 3.8) is 0 Å². The number of aldehydes is 1. The number of rotatable bonds is 2. The number of benzene rings is 1. The molecule has 0 saturated heterocycles. The molecule has 1 aromatic heterocycles. The summed E-state index contributed by atoms with van der Waals surface area (Å²) in [5, 5.41) is 12.7. The molecule has 1 heterocycles. The lowest BCUT2D eigenvalue weighted by molar-refractivity contribution is 0.111. The maximum absolute atomic E-state index is 13.5. The molecule has 0 fully saturated rings. The molecule has 0 radical (unpaired) electrons. The molecule has 2 aromatic rings. The SMILES string of the molecule is O=Cc1nn(-c2cc(F)ccc2F)c(=O)cc1O. The Kier molecular flexibility index (Phi) is 2.88. The maximum Gasteiger partial charge on any atom is 0.275 e. The number of carbonyl (C=O) groups excluding carboxylic acids is 1. The van der Waals surface area contributed by atoms with Gasteiger partial charge >= 0.3 is 0 Å². The van der Waals surface area contributed by atoms with Crippen LogP contribution in [0.3, 0.4) is 0 Å². The van der Waals surface area contributed by atoms with E-state index in [9.17, 15) is 23.5 Å². The van der Waals surface area contributed by atoms with Gasteiger partial charge in [-0.05, 0) is 12.1 Å². The molecule has 0 unspecified atom stereocenters. The van der Waals surface area contributed by atoms with Crippen molar-refractivity contribution >= 4 is 6.29 Å². The second-order valence-electron chi connectivity index (χ2n) is 3.38. The number of hydrogen-bond acceptors (Lipinski definition) is 4. The molecular formula is C11H6F2N2O3. The maximum atomic E-state index is 13.5. The topological polar surface area (TPSA) is 72.2 Å². The highest BCUT2D eigenvalue weighted by Gasteiger charge is 2.12. The normalized spacial score (nSPS) is 10.3. The van der Waals surface area contributed by atoms with Crippen molar-refractivity contribution in [1.29, 1.82) is 0 Å². The standard InChI is InChI=1S/C11H6F2N2O3/c12-6-1-2-7(13)9(3-6)15-11(18)4-10(17)8(5-16)14-15/h1-5,17H. The second kappa shape index (κ2) is 4.36. The fraction of sp³-hybridized carbons (Fsp3) is 0. The van der Waals surface area contributed by atoms with E-state index in [-0.39, 0.29) is 6.29 Å². The van der Waals surface area contributed by atoms with E-state index >= 15 is 0 Å². The van der Waals surface area contributed by atoms with Crippen LogP contribution in [0.15, 0.2) is 29.1 Å². The molecule has 1 N–H and O–H groups in total. The number of aromatic hydroxyl groups is 1. The number of nitrogens with zero attached hydrogens (tertiary/aromatic N) is 2. The highest BCUT2D eigenvalue weighted by molar-refractivity contribution is 5.75. The lowest BCUT2D eigenvalue weighted by Crippen LogP contribution is -2.22. The van der Waals surface area contributed by atoms with Gasteiger partial charge < -0.3 is 5.11 Å². The zero-order valence-corrected chi connectivity index (χ0v) is 8.80. The third-order valence-electron chi connectivity index (χ3n) is 2.19. The van der Waals surface area contributed by atoms with Gasteiger partial charge in [0.25, 0.3) is 5.56 Å². The molecule has 92 valence electrons. The van der Waals surface area contributed by atoms with E-state index < -0.39 is 34.3 Å². The number of carbonyl (C=O) groups is 1. The Morgan fingerprint density at radius 1 is 1.28 bits per heavy atom. The summed E-state index contributed by atoms with van der Waals surface area (Å²) in [7, 11) is 0. The van der Waals surface area contributed by atoms with Crippen LogP contribution >= 0.6 is 0 Å². The minimum absolute atomic E-state index is 0.197. The van der Waals surface area contributed by atoms with E-state index in [0.29, 0.717) is 10.7 Å². The Labute approximate surface area is 98.9 Å². The summed E-state index contributed by atoms with van der Waals surface area (Å²) in [6, 6.07) is 3.16. The van der Waals surface area contributed by atoms with Gasteiger partial charge in [0.2, 0.25) is 0 Å². The zero-order valence-electron chi connectivity index (χ0n) is 8.80. The predicted molar refractivity (Wildman–Crippen MR) is 56.8 cm³/mol.